The molecule has 0 atom stereocenters. The highest BCUT2D eigenvalue weighted by Gasteiger charge is 2.11. The largest absolute Gasteiger partial charge is 0.447 e. The summed E-state index contributed by atoms with van der Waals surface area (Å²) in [5.74, 6) is 0. The summed E-state index contributed by atoms with van der Waals surface area (Å²) < 4.78 is 33.6. The van der Waals surface area contributed by atoms with Gasteiger partial charge in [-0.25, -0.2) is 4.98 Å². The highest BCUT2D eigenvalue weighted by atomic mass is 32.3. The lowest BCUT2D eigenvalue weighted by Gasteiger charge is -1.94. The third kappa shape index (κ3) is 2.75. The van der Waals surface area contributed by atoms with Gasteiger partial charge in [0, 0.05) is 11.6 Å². The number of nitrogens with zero attached hydrogens (tertiary/aromatic N) is 1. The fourth-order valence-corrected chi connectivity index (χ4v) is 3.04. The van der Waals surface area contributed by atoms with Gasteiger partial charge >= 0.3 is 10.4 Å². The van der Waals surface area contributed by atoms with Gasteiger partial charge < -0.3 is 4.18 Å². The predicted molar refractivity (Wildman–Crippen MR) is 57.6 cm³/mol. The summed E-state index contributed by atoms with van der Waals surface area (Å²) in [4.78, 5) is 4.85. The van der Waals surface area contributed by atoms with Crippen molar-refractivity contribution in [2.24, 2.45) is 0 Å². The van der Waals surface area contributed by atoms with Gasteiger partial charge in [0.25, 0.3) is 0 Å². The van der Waals surface area contributed by atoms with Crippen molar-refractivity contribution in [3.63, 3.8) is 0 Å². The van der Waals surface area contributed by atoms with Crippen LogP contribution in [0, 0.1) is 0 Å². The lowest BCUT2D eigenvalue weighted by molar-refractivity contribution is 0.391. The van der Waals surface area contributed by atoms with Crippen molar-refractivity contribution in [3.05, 3.63) is 23.7 Å². The Kier molecular flexibility index (Phi) is 2.74. The Hall–Kier alpha value is -0.960. The van der Waals surface area contributed by atoms with Gasteiger partial charge in [-0.1, -0.05) is 11.3 Å². The fraction of sp³-hybridized carbons (Fsp3) is 0. The number of aromatic nitrogens is 1. The summed E-state index contributed by atoms with van der Waals surface area (Å²) in [5.41, 5.74) is 0. The molecule has 0 radical (unpaired) electrons. The Bertz CT molecular complexity index is 543. The van der Waals surface area contributed by atoms with Crippen molar-refractivity contribution in [1.82, 2.24) is 4.98 Å². The molecular formula is C7H5NO4S3. The molecule has 0 aliphatic heterocycles. The zero-order chi connectivity index (χ0) is 10.9. The first-order valence-corrected chi connectivity index (χ1v) is 6.77. The number of hydrogen-bond donors (Lipinski definition) is 1. The Labute approximate surface area is 93.9 Å². The Balaban J connectivity index is 2.25. The molecule has 0 spiro atoms. The van der Waals surface area contributed by atoms with Crippen LogP contribution in [0.4, 0.5) is 0 Å². The van der Waals surface area contributed by atoms with Crippen LogP contribution < -0.4 is 4.18 Å². The highest BCUT2D eigenvalue weighted by Crippen LogP contribution is 2.34. The molecule has 5 nitrogen and oxygen atoms in total. The Morgan fingerprint density at radius 3 is 2.80 bits per heavy atom. The lowest BCUT2D eigenvalue weighted by atomic mass is 10.5. The lowest BCUT2D eigenvalue weighted by Crippen LogP contribution is -2.05. The van der Waals surface area contributed by atoms with Gasteiger partial charge in [-0.2, -0.15) is 8.42 Å². The van der Waals surface area contributed by atoms with Crippen molar-refractivity contribution in [3.8, 4) is 14.9 Å². The molecule has 80 valence electrons. The van der Waals surface area contributed by atoms with E-state index in [0.717, 1.165) is 21.2 Å². The fourth-order valence-electron chi connectivity index (χ4n) is 0.929. The molecule has 2 heterocycles. The molecule has 0 aliphatic carbocycles. The van der Waals surface area contributed by atoms with Crippen LogP contribution in [0.1, 0.15) is 0 Å². The first-order valence-electron chi connectivity index (χ1n) is 3.71. The molecule has 2 rings (SSSR count). The van der Waals surface area contributed by atoms with Crippen LogP contribution >= 0.6 is 22.7 Å². The molecule has 15 heavy (non-hydrogen) atoms. The van der Waals surface area contributed by atoms with Crippen LogP contribution in [-0.2, 0) is 10.4 Å². The summed E-state index contributed by atoms with van der Waals surface area (Å²) in [6, 6.07) is 3.15. The van der Waals surface area contributed by atoms with E-state index < -0.39 is 10.4 Å². The first kappa shape index (κ1) is 10.6. The van der Waals surface area contributed by atoms with E-state index >= 15 is 0 Å². The van der Waals surface area contributed by atoms with E-state index in [0.29, 0.717) is 0 Å². The normalized spacial score (nSPS) is 11.5. The molecule has 0 aliphatic rings. The van der Waals surface area contributed by atoms with E-state index in [4.69, 9.17) is 4.55 Å². The van der Waals surface area contributed by atoms with Gasteiger partial charge in [-0.3, -0.25) is 4.55 Å². The second kappa shape index (κ2) is 3.89. The second-order valence-electron chi connectivity index (χ2n) is 2.47. The highest BCUT2D eigenvalue weighted by molar-refractivity contribution is 7.81. The van der Waals surface area contributed by atoms with Crippen molar-refractivity contribution < 1.29 is 17.2 Å². The van der Waals surface area contributed by atoms with E-state index in [1.807, 2.05) is 5.38 Å². The molecule has 0 unspecified atom stereocenters. The summed E-state index contributed by atoms with van der Waals surface area (Å²) >= 11 is 2.54. The van der Waals surface area contributed by atoms with Gasteiger partial charge in [-0.15, -0.1) is 11.3 Å². The van der Waals surface area contributed by atoms with E-state index in [2.05, 4.69) is 9.17 Å². The molecule has 0 bridgehead atoms. The maximum Gasteiger partial charge on any atom is 0.447 e. The van der Waals surface area contributed by atoms with Crippen molar-refractivity contribution >= 4 is 33.1 Å². The number of thiazole rings is 1. The molecule has 1 N–H and O–H groups in total. The number of hydrogen-bond acceptors (Lipinski definition) is 6. The molecule has 0 fully saturated rings. The third-order valence-electron chi connectivity index (χ3n) is 1.41. The molecule has 8 heteroatoms. The van der Waals surface area contributed by atoms with Crippen LogP contribution in [0.15, 0.2) is 23.7 Å². The van der Waals surface area contributed by atoms with Gasteiger partial charge in [0.2, 0.25) is 0 Å². The van der Waals surface area contributed by atoms with Gasteiger partial charge in [0.05, 0.1) is 4.88 Å². The standard InChI is InChI=1S/C7H5NO4S3/c9-15(10,11)12-6-2-1-5(14-6)7-8-3-4-13-7/h1-4H,(H,9,10,11). The van der Waals surface area contributed by atoms with Gasteiger partial charge in [0.15, 0.2) is 5.06 Å². The summed E-state index contributed by atoms with van der Waals surface area (Å²) in [5, 5.41) is 2.71. The average Bonchev–Trinajstić information content (AvgIpc) is 2.68. The third-order valence-corrected chi connectivity index (χ3v) is 3.81. The van der Waals surface area contributed by atoms with Crippen molar-refractivity contribution in [2.45, 2.75) is 0 Å². The quantitative estimate of drug-likeness (QED) is 0.858. The monoisotopic (exact) mass is 263 g/mol. The van der Waals surface area contributed by atoms with E-state index in [-0.39, 0.29) is 5.06 Å². The van der Waals surface area contributed by atoms with Crippen molar-refractivity contribution in [2.75, 3.05) is 0 Å². The molecular weight excluding hydrogens is 258 g/mol. The van der Waals surface area contributed by atoms with Crippen LogP contribution in [0.3, 0.4) is 0 Å². The first-order chi connectivity index (χ1) is 7.04. The molecule has 0 aromatic carbocycles. The minimum Gasteiger partial charge on any atom is -0.351 e. The Morgan fingerprint density at radius 1 is 1.40 bits per heavy atom. The average molecular weight is 263 g/mol. The summed E-state index contributed by atoms with van der Waals surface area (Å²) in [6.07, 6.45) is 1.66. The molecule has 0 saturated carbocycles. The van der Waals surface area contributed by atoms with E-state index in [1.54, 1.807) is 12.3 Å². The minimum atomic E-state index is -4.44. The zero-order valence-electron chi connectivity index (χ0n) is 7.15. The van der Waals surface area contributed by atoms with E-state index in [1.165, 1.54) is 17.4 Å². The summed E-state index contributed by atoms with van der Waals surface area (Å²) in [7, 11) is -4.44. The van der Waals surface area contributed by atoms with Crippen LogP contribution in [-0.4, -0.2) is 18.0 Å². The SMILES string of the molecule is O=S(=O)(O)Oc1ccc(-c2nccs2)s1. The molecule has 0 saturated heterocycles. The molecule has 2 aromatic heterocycles. The van der Waals surface area contributed by atoms with Gasteiger partial charge in [-0.05, 0) is 12.1 Å². The minimum absolute atomic E-state index is 0.114. The molecule has 2 aromatic rings. The van der Waals surface area contributed by atoms with Crippen LogP contribution in [0.25, 0.3) is 9.88 Å². The summed E-state index contributed by atoms with van der Waals surface area (Å²) in [6.45, 7) is 0. The zero-order valence-corrected chi connectivity index (χ0v) is 9.60. The van der Waals surface area contributed by atoms with E-state index in [9.17, 15) is 8.42 Å². The number of rotatable bonds is 3. The Morgan fingerprint density at radius 2 is 2.20 bits per heavy atom. The topological polar surface area (TPSA) is 76.5 Å². The van der Waals surface area contributed by atoms with Gasteiger partial charge in [0.1, 0.15) is 5.01 Å². The predicted octanol–water partition coefficient (Wildman–Crippen LogP) is 2.05. The molecule has 0 amide bonds. The number of thiophene rings is 1. The van der Waals surface area contributed by atoms with Crippen LogP contribution in [0.2, 0.25) is 0 Å². The maximum absolute atomic E-state index is 10.4. The van der Waals surface area contributed by atoms with Crippen molar-refractivity contribution in [1.29, 1.82) is 0 Å². The second-order valence-corrected chi connectivity index (χ2v) is 5.43. The van der Waals surface area contributed by atoms with Crippen LogP contribution in [0.5, 0.6) is 5.06 Å². The maximum atomic E-state index is 10.4. The smallest absolute Gasteiger partial charge is 0.351 e.